The standard InChI is InChI=1S/C13H18N2/c1-3-10-6-8-15-13(10)12(5-1)11-4-2-7-14-9-11/h1,3,5,11,14-15H,2,4,6-9H2/t11-/m1/s1. The zero-order chi connectivity index (χ0) is 10.1. The van der Waals surface area contributed by atoms with Gasteiger partial charge in [-0.25, -0.2) is 0 Å². The third-order valence-corrected chi connectivity index (χ3v) is 3.62. The Morgan fingerprint density at radius 2 is 2.20 bits per heavy atom. The van der Waals surface area contributed by atoms with Crippen molar-refractivity contribution < 1.29 is 0 Å². The molecule has 0 bridgehead atoms. The van der Waals surface area contributed by atoms with E-state index in [2.05, 4.69) is 28.8 Å². The van der Waals surface area contributed by atoms with E-state index in [9.17, 15) is 0 Å². The van der Waals surface area contributed by atoms with E-state index in [0.29, 0.717) is 0 Å². The second-order valence-electron chi connectivity index (χ2n) is 4.60. The average Bonchev–Trinajstić information content (AvgIpc) is 2.78. The van der Waals surface area contributed by atoms with Crippen molar-refractivity contribution in [1.82, 2.24) is 5.32 Å². The van der Waals surface area contributed by atoms with Gasteiger partial charge in [-0.1, -0.05) is 18.2 Å². The summed E-state index contributed by atoms with van der Waals surface area (Å²) in [5.41, 5.74) is 4.49. The first-order valence-electron chi connectivity index (χ1n) is 6.01. The van der Waals surface area contributed by atoms with E-state index in [0.717, 1.165) is 19.0 Å². The van der Waals surface area contributed by atoms with Gasteiger partial charge in [-0.2, -0.15) is 0 Å². The topological polar surface area (TPSA) is 24.1 Å². The van der Waals surface area contributed by atoms with Gasteiger partial charge in [-0.3, -0.25) is 0 Å². The minimum Gasteiger partial charge on any atom is -0.384 e. The summed E-state index contributed by atoms with van der Waals surface area (Å²) in [6.45, 7) is 3.46. The number of fused-ring (bicyclic) bond motifs is 1. The Hall–Kier alpha value is -1.02. The molecule has 0 amide bonds. The molecule has 0 aliphatic carbocycles. The molecule has 2 heteroatoms. The molecule has 0 spiro atoms. The lowest BCUT2D eigenvalue weighted by atomic mass is 9.89. The molecule has 1 saturated heterocycles. The molecule has 2 nitrogen and oxygen atoms in total. The van der Waals surface area contributed by atoms with Gasteiger partial charge in [0.25, 0.3) is 0 Å². The highest BCUT2D eigenvalue weighted by Crippen LogP contribution is 2.34. The Morgan fingerprint density at radius 3 is 3.07 bits per heavy atom. The minimum atomic E-state index is 0.722. The van der Waals surface area contributed by atoms with E-state index >= 15 is 0 Å². The van der Waals surface area contributed by atoms with Crippen LogP contribution in [0.15, 0.2) is 18.2 Å². The van der Waals surface area contributed by atoms with E-state index in [1.807, 2.05) is 0 Å². The molecule has 1 aromatic carbocycles. The van der Waals surface area contributed by atoms with Crippen LogP contribution in [0.5, 0.6) is 0 Å². The third-order valence-electron chi connectivity index (χ3n) is 3.62. The zero-order valence-electron chi connectivity index (χ0n) is 9.05. The SMILES string of the molecule is c1cc2c(c([C@@H]3CCCNC3)c1)NCC2. The Kier molecular flexibility index (Phi) is 2.37. The normalized spacial score (nSPS) is 24.7. The predicted octanol–water partition coefficient (Wildman–Crippen LogP) is 2.12. The van der Waals surface area contributed by atoms with Gasteiger partial charge in [-0.15, -0.1) is 0 Å². The van der Waals surface area contributed by atoms with Crippen LogP contribution in [0.4, 0.5) is 5.69 Å². The number of nitrogens with one attached hydrogen (secondary N) is 2. The van der Waals surface area contributed by atoms with Crippen LogP contribution in [0.3, 0.4) is 0 Å². The number of benzene rings is 1. The maximum Gasteiger partial charge on any atom is 0.0409 e. The lowest BCUT2D eigenvalue weighted by molar-refractivity contribution is 0.462. The van der Waals surface area contributed by atoms with Crippen LogP contribution in [-0.4, -0.2) is 19.6 Å². The number of anilines is 1. The molecule has 15 heavy (non-hydrogen) atoms. The number of piperidine rings is 1. The summed E-state index contributed by atoms with van der Waals surface area (Å²) < 4.78 is 0. The summed E-state index contributed by atoms with van der Waals surface area (Å²) in [7, 11) is 0. The fourth-order valence-corrected chi connectivity index (χ4v) is 2.82. The molecular formula is C13H18N2. The second kappa shape index (κ2) is 3.86. The quantitative estimate of drug-likeness (QED) is 0.729. The smallest absolute Gasteiger partial charge is 0.0409 e. The Labute approximate surface area is 91.1 Å². The molecule has 0 aromatic heterocycles. The van der Waals surface area contributed by atoms with Gasteiger partial charge in [0.1, 0.15) is 0 Å². The van der Waals surface area contributed by atoms with Crippen molar-refractivity contribution in [2.24, 2.45) is 0 Å². The number of hydrogen-bond donors (Lipinski definition) is 2. The largest absolute Gasteiger partial charge is 0.384 e. The molecule has 2 aliphatic rings. The van der Waals surface area contributed by atoms with Gasteiger partial charge in [0.05, 0.1) is 0 Å². The molecule has 2 N–H and O–H groups in total. The van der Waals surface area contributed by atoms with Crippen molar-refractivity contribution >= 4 is 5.69 Å². The lowest BCUT2D eigenvalue weighted by Gasteiger charge is -2.25. The highest BCUT2D eigenvalue weighted by atomic mass is 14.9. The molecule has 1 aromatic rings. The summed E-state index contributed by atoms with van der Waals surface area (Å²) in [4.78, 5) is 0. The number of hydrogen-bond acceptors (Lipinski definition) is 2. The van der Waals surface area contributed by atoms with Crippen molar-refractivity contribution in [3.63, 3.8) is 0 Å². The molecule has 0 saturated carbocycles. The van der Waals surface area contributed by atoms with Gasteiger partial charge >= 0.3 is 0 Å². The Bertz CT molecular complexity index is 354. The van der Waals surface area contributed by atoms with Crippen molar-refractivity contribution in [2.45, 2.75) is 25.2 Å². The summed E-state index contributed by atoms with van der Waals surface area (Å²) in [5.74, 6) is 0.722. The van der Waals surface area contributed by atoms with Gasteiger partial charge in [0.15, 0.2) is 0 Å². The highest BCUT2D eigenvalue weighted by molar-refractivity contribution is 5.62. The van der Waals surface area contributed by atoms with Crippen LogP contribution < -0.4 is 10.6 Å². The maximum atomic E-state index is 3.54. The average molecular weight is 202 g/mol. The van der Waals surface area contributed by atoms with Crippen LogP contribution in [0.25, 0.3) is 0 Å². The summed E-state index contributed by atoms with van der Waals surface area (Å²) >= 11 is 0. The van der Waals surface area contributed by atoms with Crippen LogP contribution in [-0.2, 0) is 6.42 Å². The van der Waals surface area contributed by atoms with Gasteiger partial charge < -0.3 is 10.6 Å². The third kappa shape index (κ3) is 1.63. The summed E-state index contributed by atoms with van der Waals surface area (Å²) in [5, 5.41) is 7.03. The predicted molar refractivity (Wildman–Crippen MR) is 63.5 cm³/mol. The van der Waals surface area contributed by atoms with Crippen LogP contribution in [0, 0.1) is 0 Å². The Morgan fingerprint density at radius 1 is 1.20 bits per heavy atom. The van der Waals surface area contributed by atoms with E-state index in [1.54, 1.807) is 0 Å². The summed E-state index contributed by atoms with van der Waals surface area (Å²) in [6, 6.07) is 6.78. The van der Waals surface area contributed by atoms with Crippen LogP contribution in [0.2, 0.25) is 0 Å². The Balaban J connectivity index is 1.93. The molecule has 2 heterocycles. The maximum absolute atomic E-state index is 3.54. The first-order valence-corrected chi connectivity index (χ1v) is 6.01. The van der Waals surface area contributed by atoms with Crippen molar-refractivity contribution in [3.8, 4) is 0 Å². The van der Waals surface area contributed by atoms with Crippen molar-refractivity contribution in [2.75, 3.05) is 25.0 Å². The van der Waals surface area contributed by atoms with E-state index in [4.69, 9.17) is 0 Å². The molecule has 0 radical (unpaired) electrons. The molecule has 1 fully saturated rings. The number of rotatable bonds is 1. The monoisotopic (exact) mass is 202 g/mol. The minimum absolute atomic E-state index is 0.722. The van der Waals surface area contributed by atoms with Gasteiger partial charge in [0, 0.05) is 18.8 Å². The number of para-hydroxylation sites is 1. The molecule has 0 unspecified atom stereocenters. The summed E-state index contributed by atoms with van der Waals surface area (Å²) in [6.07, 6.45) is 3.85. The molecule has 1 atom stereocenters. The van der Waals surface area contributed by atoms with E-state index in [-0.39, 0.29) is 0 Å². The van der Waals surface area contributed by atoms with Crippen molar-refractivity contribution in [1.29, 1.82) is 0 Å². The van der Waals surface area contributed by atoms with Crippen LogP contribution in [0.1, 0.15) is 29.9 Å². The molecule has 2 aliphatic heterocycles. The van der Waals surface area contributed by atoms with Gasteiger partial charge in [-0.05, 0) is 42.9 Å². The lowest BCUT2D eigenvalue weighted by Crippen LogP contribution is -2.28. The zero-order valence-corrected chi connectivity index (χ0v) is 9.05. The molecule has 80 valence electrons. The van der Waals surface area contributed by atoms with E-state index < -0.39 is 0 Å². The first-order chi connectivity index (χ1) is 7.45. The van der Waals surface area contributed by atoms with Crippen LogP contribution >= 0.6 is 0 Å². The van der Waals surface area contributed by atoms with E-state index in [1.165, 1.54) is 42.6 Å². The molecule has 3 rings (SSSR count). The van der Waals surface area contributed by atoms with Gasteiger partial charge in [0.2, 0.25) is 0 Å². The second-order valence-corrected chi connectivity index (χ2v) is 4.60. The molecular weight excluding hydrogens is 184 g/mol. The highest BCUT2D eigenvalue weighted by Gasteiger charge is 2.21. The fourth-order valence-electron chi connectivity index (χ4n) is 2.82. The van der Waals surface area contributed by atoms with Crippen molar-refractivity contribution in [3.05, 3.63) is 29.3 Å². The first kappa shape index (κ1) is 9.22. The fraction of sp³-hybridized carbons (Fsp3) is 0.538.